The lowest BCUT2D eigenvalue weighted by molar-refractivity contribution is 0.360. The highest BCUT2D eigenvalue weighted by atomic mass is 32.2. The third-order valence-electron chi connectivity index (χ3n) is 3.69. The van der Waals surface area contributed by atoms with E-state index in [1.807, 2.05) is 11.7 Å². The van der Waals surface area contributed by atoms with Crippen LogP contribution >= 0.6 is 11.8 Å². The predicted octanol–water partition coefficient (Wildman–Crippen LogP) is 1.87. The molecule has 0 saturated carbocycles. The van der Waals surface area contributed by atoms with Gasteiger partial charge in [-0.25, -0.2) is 4.98 Å². The van der Waals surface area contributed by atoms with Crippen molar-refractivity contribution in [3.05, 3.63) is 12.2 Å². The molecule has 1 aliphatic heterocycles. The van der Waals surface area contributed by atoms with E-state index in [0.717, 1.165) is 24.7 Å². The Morgan fingerprint density at radius 3 is 2.89 bits per heavy atom. The molecule has 4 nitrogen and oxygen atoms in total. The summed E-state index contributed by atoms with van der Waals surface area (Å²) in [6.45, 7) is 3.21. The Labute approximate surface area is 114 Å². The summed E-state index contributed by atoms with van der Waals surface area (Å²) in [6.07, 6.45) is 6.68. The minimum atomic E-state index is 0.547. The molecule has 2 heterocycles. The van der Waals surface area contributed by atoms with Gasteiger partial charge in [-0.3, -0.25) is 4.68 Å². The topological polar surface area (TPSA) is 42.7 Å². The molecule has 1 aliphatic rings. The first-order chi connectivity index (χ1) is 8.79. The van der Waals surface area contributed by atoms with Crippen LogP contribution in [0.4, 0.5) is 0 Å². The molecule has 18 heavy (non-hydrogen) atoms. The fourth-order valence-corrected chi connectivity index (χ4v) is 3.84. The van der Waals surface area contributed by atoms with Gasteiger partial charge in [0.05, 0.1) is 0 Å². The van der Waals surface area contributed by atoms with Gasteiger partial charge < -0.3 is 5.32 Å². The summed E-state index contributed by atoms with van der Waals surface area (Å²) in [7, 11) is 1.97. The van der Waals surface area contributed by atoms with E-state index in [1.165, 1.54) is 30.8 Å². The van der Waals surface area contributed by atoms with Crippen LogP contribution in [-0.2, 0) is 13.5 Å². The van der Waals surface area contributed by atoms with Crippen molar-refractivity contribution in [2.75, 3.05) is 18.1 Å². The van der Waals surface area contributed by atoms with Crippen LogP contribution < -0.4 is 5.32 Å². The van der Waals surface area contributed by atoms with Crippen LogP contribution in [0.3, 0.4) is 0 Å². The van der Waals surface area contributed by atoms with Crippen LogP contribution in [0.2, 0.25) is 0 Å². The smallest absolute Gasteiger partial charge is 0.138 e. The molecule has 1 aromatic heterocycles. The highest BCUT2D eigenvalue weighted by Crippen LogP contribution is 2.26. The van der Waals surface area contributed by atoms with E-state index in [2.05, 4.69) is 34.1 Å². The fourth-order valence-electron chi connectivity index (χ4n) is 2.64. The van der Waals surface area contributed by atoms with Gasteiger partial charge in [-0.05, 0) is 43.2 Å². The fraction of sp³-hybridized carbons (Fsp3) is 0.846. The minimum absolute atomic E-state index is 0.547. The molecule has 1 N–H and O–H groups in total. The first-order valence-electron chi connectivity index (χ1n) is 6.93. The number of hydrogen-bond acceptors (Lipinski definition) is 4. The Balaban J connectivity index is 1.88. The summed E-state index contributed by atoms with van der Waals surface area (Å²) in [6, 6.07) is 0.547. The van der Waals surface area contributed by atoms with E-state index in [9.17, 15) is 0 Å². The van der Waals surface area contributed by atoms with Gasteiger partial charge >= 0.3 is 0 Å². The van der Waals surface area contributed by atoms with Gasteiger partial charge in [0, 0.05) is 19.5 Å². The third-order valence-corrected chi connectivity index (χ3v) is 4.73. The molecule has 1 fully saturated rings. The molecule has 1 unspecified atom stereocenters. The lowest BCUT2D eigenvalue weighted by Crippen LogP contribution is -2.34. The maximum absolute atomic E-state index is 4.34. The molecule has 0 spiro atoms. The van der Waals surface area contributed by atoms with Gasteiger partial charge in [-0.15, -0.1) is 0 Å². The van der Waals surface area contributed by atoms with Gasteiger partial charge in [-0.2, -0.15) is 16.9 Å². The van der Waals surface area contributed by atoms with Crippen LogP contribution in [0, 0.1) is 5.92 Å². The molecular formula is C13H24N4S. The van der Waals surface area contributed by atoms with Gasteiger partial charge in [0.2, 0.25) is 0 Å². The first-order valence-corrected chi connectivity index (χ1v) is 8.09. The van der Waals surface area contributed by atoms with Gasteiger partial charge in [0.15, 0.2) is 0 Å². The molecule has 0 amide bonds. The normalized spacial score (nSPS) is 19.0. The second-order valence-electron chi connectivity index (χ2n) is 5.05. The van der Waals surface area contributed by atoms with Crippen LogP contribution in [-0.4, -0.2) is 38.9 Å². The van der Waals surface area contributed by atoms with Gasteiger partial charge in [0.1, 0.15) is 12.2 Å². The number of thioether (sulfide) groups is 1. The zero-order chi connectivity index (χ0) is 12.8. The van der Waals surface area contributed by atoms with Crippen LogP contribution in [0.5, 0.6) is 0 Å². The Morgan fingerprint density at radius 2 is 2.28 bits per heavy atom. The van der Waals surface area contributed by atoms with E-state index in [-0.39, 0.29) is 0 Å². The van der Waals surface area contributed by atoms with E-state index < -0.39 is 0 Å². The standard InChI is InChI=1S/C13H24N4S/c1-3-14-12(8-11-4-6-18-7-5-11)9-13-15-10-16-17(13)2/h10-12,14H,3-9H2,1-2H3. The highest BCUT2D eigenvalue weighted by molar-refractivity contribution is 7.99. The number of likely N-dealkylation sites (N-methyl/N-ethyl adjacent to an activating group) is 1. The predicted molar refractivity (Wildman–Crippen MR) is 76.8 cm³/mol. The van der Waals surface area contributed by atoms with Crippen molar-refractivity contribution in [2.45, 2.75) is 38.6 Å². The molecule has 5 heteroatoms. The van der Waals surface area contributed by atoms with Crippen molar-refractivity contribution in [3.8, 4) is 0 Å². The van der Waals surface area contributed by atoms with E-state index >= 15 is 0 Å². The molecule has 0 radical (unpaired) electrons. The largest absolute Gasteiger partial charge is 0.314 e. The summed E-state index contributed by atoms with van der Waals surface area (Å²) in [5.41, 5.74) is 0. The summed E-state index contributed by atoms with van der Waals surface area (Å²) >= 11 is 2.10. The highest BCUT2D eigenvalue weighted by Gasteiger charge is 2.20. The van der Waals surface area contributed by atoms with Gasteiger partial charge in [0.25, 0.3) is 0 Å². The van der Waals surface area contributed by atoms with E-state index in [1.54, 1.807) is 6.33 Å². The number of nitrogens with zero attached hydrogens (tertiary/aromatic N) is 3. The Kier molecular flexibility index (Phi) is 5.50. The third kappa shape index (κ3) is 3.99. The number of nitrogens with one attached hydrogen (secondary N) is 1. The van der Waals surface area contributed by atoms with Crippen molar-refractivity contribution in [1.82, 2.24) is 20.1 Å². The van der Waals surface area contributed by atoms with Crippen LogP contribution in [0.15, 0.2) is 6.33 Å². The molecule has 0 aromatic carbocycles. The molecule has 1 saturated heterocycles. The van der Waals surface area contributed by atoms with E-state index in [4.69, 9.17) is 0 Å². The van der Waals surface area contributed by atoms with Crippen LogP contribution in [0.1, 0.15) is 32.0 Å². The number of aryl methyl sites for hydroxylation is 1. The Morgan fingerprint density at radius 1 is 1.50 bits per heavy atom. The summed E-state index contributed by atoms with van der Waals surface area (Å²) in [4.78, 5) is 4.34. The second-order valence-corrected chi connectivity index (χ2v) is 6.27. The molecule has 2 rings (SSSR count). The lowest BCUT2D eigenvalue weighted by atomic mass is 9.92. The maximum Gasteiger partial charge on any atom is 0.138 e. The van der Waals surface area contributed by atoms with Crippen molar-refractivity contribution < 1.29 is 0 Å². The number of aromatic nitrogens is 3. The quantitative estimate of drug-likeness (QED) is 0.855. The van der Waals surface area contributed by atoms with Gasteiger partial charge in [-0.1, -0.05) is 6.92 Å². The summed E-state index contributed by atoms with van der Waals surface area (Å²) in [5, 5.41) is 7.76. The molecule has 1 atom stereocenters. The average Bonchev–Trinajstić information content (AvgIpc) is 2.77. The zero-order valence-electron chi connectivity index (χ0n) is 11.4. The molecule has 0 bridgehead atoms. The second kappa shape index (κ2) is 7.14. The number of hydrogen-bond donors (Lipinski definition) is 1. The molecular weight excluding hydrogens is 244 g/mol. The molecule has 102 valence electrons. The van der Waals surface area contributed by atoms with Crippen molar-refractivity contribution in [2.24, 2.45) is 13.0 Å². The molecule has 1 aromatic rings. The number of rotatable bonds is 6. The van der Waals surface area contributed by atoms with Crippen LogP contribution in [0.25, 0.3) is 0 Å². The molecule has 0 aliphatic carbocycles. The van der Waals surface area contributed by atoms with Crippen molar-refractivity contribution in [1.29, 1.82) is 0 Å². The average molecular weight is 268 g/mol. The van der Waals surface area contributed by atoms with Crippen molar-refractivity contribution in [3.63, 3.8) is 0 Å². The zero-order valence-corrected chi connectivity index (χ0v) is 12.2. The van der Waals surface area contributed by atoms with E-state index in [0.29, 0.717) is 6.04 Å². The summed E-state index contributed by atoms with van der Waals surface area (Å²) in [5.74, 6) is 4.66. The Hall–Kier alpha value is -0.550. The SMILES string of the molecule is CCNC(Cc1ncnn1C)CC1CCSCC1. The lowest BCUT2D eigenvalue weighted by Gasteiger charge is -2.26. The maximum atomic E-state index is 4.34. The minimum Gasteiger partial charge on any atom is -0.314 e. The first kappa shape index (κ1) is 13.9. The van der Waals surface area contributed by atoms with Crippen molar-refractivity contribution >= 4 is 11.8 Å². The summed E-state index contributed by atoms with van der Waals surface area (Å²) < 4.78 is 1.89. The monoisotopic (exact) mass is 268 g/mol. The Bertz CT molecular complexity index is 347.